The van der Waals surface area contributed by atoms with Gasteiger partial charge in [-0.3, -0.25) is 4.79 Å². The number of ketones is 1. The molecule has 72 valence electrons. The summed E-state index contributed by atoms with van der Waals surface area (Å²) in [5.41, 5.74) is -0.481. The standard InChI is InChI=1S/C10H19ClO/c1-9(2,3)7(11)8(12)10(4,5)6/h7H,1-6H3. The number of alkyl halides is 1. The Bertz CT molecular complexity index is 171. The fraction of sp³-hybridized carbons (Fsp3) is 0.900. The Morgan fingerprint density at radius 3 is 1.50 bits per heavy atom. The number of hydrogen-bond donors (Lipinski definition) is 0. The van der Waals surface area contributed by atoms with E-state index in [4.69, 9.17) is 11.6 Å². The molecule has 0 saturated heterocycles. The summed E-state index contributed by atoms with van der Waals surface area (Å²) in [4.78, 5) is 11.7. The summed E-state index contributed by atoms with van der Waals surface area (Å²) < 4.78 is 0. The molecule has 0 heterocycles. The van der Waals surface area contributed by atoms with Gasteiger partial charge in [0.1, 0.15) is 0 Å². The number of rotatable bonds is 1. The Kier molecular flexibility index (Phi) is 3.36. The van der Waals surface area contributed by atoms with Gasteiger partial charge < -0.3 is 0 Å². The maximum atomic E-state index is 11.7. The Morgan fingerprint density at radius 2 is 1.42 bits per heavy atom. The fourth-order valence-electron chi connectivity index (χ4n) is 0.773. The summed E-state index contributed by atoms with van der Waals surface area (Å²) in [6, 6.07) is 0. The molecule has 0 amide bonds. The van der Waals surface area contributed by atoms with Gasteiger partial charge in [-0.15, -0.1) is 11.6 Å². The maximum Gasteiger partial charge on any atom is 0.156 e. The van der Waals surface area contributed by atoms with Crippen molar-refractivity contribution >= 4 is 17.4 Å². The highest BCUT2D eigenvalue weighted by molar-refractivity contribution is 6.32. The highest BCUT2D eigenvalue weighted by atomic mass is 35.5. The lowest BCUT2D eigenvalue weighted by Crippen LogP contribution is -2.37. The van der Waals surface area contributed by atoms with Crippen molar-refractivity contribution in [2.75, 3.05) is 0 Å². The minimum Gasteiger partial charge on any atom is -0.297 e. The van der Waals surface area contributed by atoms with Gasteiger partial charge in [-0.2, -0.15) is 0 Å². The van der Waals surface area contributed by atoms with E-state index in [0.29, 0.717) is 0 Å². The molecular weight excluding hydrogens is 172 g/mol. The van der Waals surface area contributed by atoms with Gasteiger partial charge in [-0.25, -0.2) is 0 Å². The molecular formula is C10H19ClO. The Morgan fingerprint density at radius 1 is 1.08 bits per heavy atom. The van der Waals surface area contributed by atoms with Gasteiger partial charge in [0.2, 0.25) is 0 Å². The quantitative estimate of drug-likeness (QED) is 0.581. The third-order valence-corrected chi connectivity index (χ3v) is 2.58. The molecule has 0 spiro atoms. The van der Waals surface area contributed by atoms with Crippen LogP contribution in [0, 0.1) is 10.8 Å². The first kappa shape index (κ1) is 12.0. The van der Waals surface area contributed by atoms with Gasteiger partial charge in [-0.05, 0) is 5.41 Å². The van der Waals surface area contributed by atoms with E-state index in [1.54, 1.807) is 0 Å². The van der Waals surface area contributed by atoms with Gasteiger partial charge >= 0.3 is 0 Å². The SMILES string of the molecule is CC(C)(C)C(=O)C(Cl)C(C)(C)C. The lowest BCUT2D eigenvalue weighted by atomic mass is 9.80. The second kappa shape index (κ2) is 3.37. The molecule has 0 bridgehead atoms. The van der Waals surface area contributed by atoms with Gasteiger partial charge in [0.25, 0.3) is 0 Å². The van der Waals surface area contributed by atoms with E-state index in [1.165, 1.54) is 0 Å². The first-order chi connectivity index (χ1) is 5.07. The van der Waals surface area contributed by atoms with Gasteiger partial charge in [0.15, 0.2) is 5.78 Å². The third-order valence-electron chi connectivity index (χ3n) is 1.73. The van der Waals surface area contributed by atoms with E-state index in [1.807, 2.05) is 41.5 Å². The van der Waals surface area contributed by atoms with Crippen molar-refractivity contribution in [1.82, 2.24) is 0 Å². The second-order valence-corrected chi connectivity index (χ2v) is 5.78. The molecule has 0 rings (SSSR count). The van der Waals surface area contributed by atoms with E-state index in [9.17, 15) is 4.79 Å². The molecule has 2 heteroatoms. The van der Waals surface area contributed by atoms with E-state index in [0.717, 1.165) is 0 Å². The van der Waals surface area contributed by atoms with Gasteiger partial charge in [-0.1, -0.05) is 41.5 Å². The van der Waals surface area contributed by atoms with Crippen LogP contribution in [-0.4, -0.2) is 11.2 Å². The topological polar surface area (TPSA) is 17.1 Å². The van der Waals surface area contributed by atoms with E-state index >= 15 is 0 Å². The van der Waals surface area contributed by atoms with Crippen molar-refractivity contribution in [3.8, 4) is 0 Å². The monoisotopic (exact) mass is 190 g/mol. The number of halogens is 1. The van der Waals surface area contributed by atoms with Crippen LogP contribution in [0.5, 0.6) is 0 Å². The van der Waals surface area contributed by atoms with Crippen LogP contribution >= 0.6 is 11.6 Å². The van der Waals surface area contributed by atoms with Crippen molar-refractivity contribution in [3.05, 3.63) is 0 Å². The lowest BCUT2D eigenvalue weighted by molar-refractivity contribution is -0.127. The van der Waals surface area contributed by atoms with Crippen molar-refractivity contribution < 1.29 is 4.79 Å². The van der Waals surface area contributed by atoms with Crippen LogP contribution in [0.25, 0.3) is 0 Å². The van der Waals surface area contributed by atoms with Crippen LogP contribution in [0.3, 0.4) is 0 Å². The normalized spacial score (nSPS) is 15.9. The van der Waals surface area contributed by atoms with E-state index < -0.39 is 5.38 Å². The van der Waals surface area contributed by atoms with Gasteiger partial charge in [0, 0.05) is 5.41 Å². The van der Waals surface area contributed by atoms with Crippen LogP contribution in [0.1, 0.15) is 41.5 Å². The molecule has 0 N–H and O–H groups in total. The first-order valence-electron chi connectivity index (χ1n) is 4.25. The Labute approximate surface area is 80.5 Å². The highest BCUT2D eigenvalue weighted by Crippen LogP contribution is 2.31. The molecule has 0 aromatic heterocycles. The predicted octanol–water partition coefficient (Wildman–Crippen LogP) is 3.26. The number of carbonyl (C=O) groups is 1. The predicted molar refractivity (Wildman–Crippen MR) is 53.6 cm³/mol. The molecule has 0 aliphatic heterocycles. The largest absolute Gasteiger partial charge is 0.297 e. The number of Topliss-reactive ketones (excluding diaryl/α,β-unsaturated/α-hetero) is 1. The zero-order valence-electron chi connectivity index (χ0n) is 8.86. The Hall–Kier alpha value is -0.0400. The average Bonchev–Trinajstić information content (AvgIpc) is 1.80. The van der Waals surface area contributed by atoms with Crippen LogP contribution in [0.4, 0.5) is 0 Å². The van der Waals surface area contributed by atoms with E-state index in [-0.39, 0.29) is 16.6 Å². The zero-order chi connectivity index (χ0) is 10.2. The molecule has 0 saturated carbocycles. The summed E-state index contributed by atoms with van der Waals surface area (Å²) in [6.45, 7) is 11.6. The molecule has 0 fully saturated rings. The second-order valence-electron chi connectivity index (χ2n) is 5.34. The van der Waals surface area contributed by atoms with Crippen LogP contribution in [0.15, 0.2) is 0 Å². The molecule has 1 nitrogen and oxygen atoms in total. The third kappa shape index (κ3) is 3.14. The van der Waals surface area contributed by atoms with Crippen molar-refractivity contribution in [1.29, 1.82) is 0 Å². The maximum absolute atomic E-state index is 11.7. The summed E-state index contributed by atoms with van der Waals surface area (Å²) in [6.07, 6.45) is 0. The first-order valence-corrected chi connectivity index (χ1v) is 4.69. The average molecular weight is 191 g/mol. The minimum absolute atomic E-state index is 0.122. The molecule has 1 unspecified atom stereocenters. The minimum atomic E-state index is -0.391. The number of hydrogen-bond acceptors (Lipinski definition) is 1. The molecule has 1 atom stereocenters. The van der Waals surface area contributed by atoms with Gasteiger partial charge in [0.05, 0.1) is 5.38 Å². The molecule has 0 aliphatic rings. The summed E-state index contributed by atoms with van der Waals surface area (Å²) in [5, 5.41) is -0.391. The number of carbonyl (C=O) groups excluding carboxylic acids is 1. The van der Waals surface area contributed by atoms with Crippen LogP contribution in [-0.2, 0) is 4.79 Å². The zero-order valence-corrected chi connectivity index (χ0v) is 9.62. The van der Waals surface area contributed by atoms with Crippen LogP contribution in [0.2, 0.25) is 0 Å². The molecule has 0 aromatic carbocycles. The molecule has 0 aliphatic carbocycles. The van der Waals surface area contributed by atoms with E-state index in [2.05, 4.69) is 0 Å². The highest BCUT2D eigenvalue weighted by Gasteiger charge is 2.35. The fourth-order valence-corrected chi connectivity index (χ4v) is 1.10. The lowest BCUT2D eigenvalue weighted by Gasteiger charge is -2.29. The Balaban J connectivity index is 4.53. The smallest absolute Gasteiger partial charge is 0.156 e. The van der Waals surface area contributed by atoms with Crippen molar-refractivity contribution in [2.24, 2.45) is 10.8 Å². The summed E-state index contributed by atoms with van der Waals surface area (Å²) in [5.74, 6) is 0.122. The molecule has 0 radical (unpaired) electrons. The summed E-state index contributed by atoms with van der Waals surface area (Å²) >= 11 is 6.04. The molecule has 12 heavy (non-hydrogen) atoms. The van der Waals surface area contributed by atoms with Crippen molar-refractivity contribution in [3.63, 3.8) is 0 Å². The van der Waals surface area contributed by atoms with Crippen molar-refractivity contribution in [2.45, 2.75) is 46.9 Å². The van der Waals surface area contributed by atoms with Crippen LogP contribution < -0.4 is 0 Å². The molecule has 0 aromatic rings. The summed E-state index contributed by atoms with van der Waals surface area (Å²) in [7, 11) is 0.